The van der Waals surface area contributed by atoms with E-state index in [2.05, 4.69) is 12.2 Å². The fourth-order valence-electron chi connectivity index (χ4n) is 1.98. The maximum atomic E-state index is 11.7. The summed E-state index contributed by atoms with van der Waals surface area (Å²) in [7, 11) is 0. The number of nitrogens with one attached hydrogen (secondary N) is 1. The van der Waals surface area contributed by atoms with Crippen LogP contribution in [0, 0.1) is 13.8 Å². The Morgan fingerprint density at radius 1 is 1.30 bits per heavy atom. The molecule has 0 radical (unpaired) electrons. The highest BCUT2D eigenvalue weighted by atomic mass is 16.5. The third kappa shape index (κ3) is 6.06. The number of carbonyl (C=O) groups is 1. The summed E-state index contributed by atoms with van der Waals surface area (Å²) < 4.78 is 5.56. The van der Waals surface area contributed by atoms with Crippen LogP contribution in [0.4, 0.5) is 0 Å². The highest BCUT2D eigenvalue weighted by molar-refractivity contribution is 5.76. The summed E-state index contributed by atoms with van der Waals surface area (Å²) in [5, 5.41) is 12.1. The van der Waals surface area contributed by atoms with Crippen LogP contribution in [-0.4, -0.2) is 29.8 Å². The zero-order chi connectivity index (χ0) is 15.1. The Labute approximate surface area is 121 Å². The zero-order valence-corrected chi connectivity index (χ0v) is 12.8. The summed E-state index contributed by atoms with van der Waals surface area (Å²) in [4.78, 5) is 11.7. The second kappa shape index (κ2) is 7.90. The number of rotatable bonds is 7. The van der Waals surface area contributed by atoms with E-state index in [0.29, 0.717) is 19.4 Å². The molecule has 1 aromatic rings. The first-order valence-corrected chi connectivity index (χ1v) is 7.06. The standard InChI is InChI=1S/C16H25NO3/c1-11-5-6-15(9-12(11)2)20-8-7-16(19)17-13(3)10-14(4)18/h5-6,9,13-14,18H,7-8,10H2,1-4H3,(H,17,19). The molecule has 0 aliphatic carbocycles. The number of hydrogen-bond donors (Lipinski definition) is 2. The zero-order valence-electron chi connectivity index (χ0n) is 12.8. The van der Waals surface area contributed by atoms with Crippen molar-refractivity contribution in [3.8, 4) is 5.75 Å². The molecule has 0 bridgehead atoms. The monoisotopic (exact) mass is 279 g/mol. The van der Waals surface area contributed by atoms with E-state index in [-0.39, 0.29) is 11.9 Å². The summed E-state index contributed by atoms with van der Waals surface area (Å²) in [5.74, 6) is 0.736. The highest BCUT2D eigenvalue weighted by Gasteiger charge is 2.09. The summed E-state index contributed by atoms with van der Waals surface area (Å²) in [6.45, 7) is 8.04. The maximum Gasteiger partial charge on any atom is 0.223 e. The third-order valence-electron chi connectivity index (χ3n) is 3.18. The van der Waals surface area contributed by atoms with Crippen molar-refractivity contribution in [2.24, 2.45) is 0 Å². The van der Waals surface area contributed by atoms with Crippen molar-refractivity contribution in [2.75, 3.05) is 6.61 Å². The van der Waals surface area contributed by atoms with E-state index in [1.54, 1.807) is 6.92 Å². The van der Waals surface area contributed by atoms with Gasteiger partial charge in [0.1, 0.15) is 5.75 Å². The SMILES string of the molecule is Cc1ccc(OCCC(=O)NC(C)CC(C)O)cc1C. The molecule has 2 unspecified atom stereocenters. The summed E-state index contributed by atoms with van der Waals surface area (Å²) in [5.41, 5.74) is 2.40. The first-order chi connectivity index (χ1) is 9.38. The van der Waals surface area contributed by atoms with Crippen molar-refractivity contribution in [2.45, 2.75) is 52.7 Å². The van der Waals surface area contributed by atoms with Crippen LogP contribution in [0.25, 0.3) is 0 Å². The quantitative estimate of drug-likeness (QED) is 0.805. The average Bonchev–Trinajstić information content (AvgIpc) is 2.32. The van der Waals surface area contributed by atoms with E-state index in [0.717, 1.165) is 5.75 Å². The Balaban J connectivity index is 2.29. The molecule has 4 heteroatoms. The molecular weight excluding hydrogens is 254 g/mol. The molecule has 1 aromatic carbocycles. The van der Waals surface area contributed by atoms with Crippen molar-refractivity contribution in [1.29, 1.82) is 0 Å². The fourth-order valence-corrected chi connectivity index (χ4v) is 1.98. The van der Waals surface area contributed by atoms with Gasteiger partial charge in [-0.25, -0.2) is 0 Å². The molecule has 112 valence electrons. The van der Waals surface area contributed by atoms with Gasteiger partial charge in [0, 0.05) is 6.04 Å². The van der Waals surface area contributed by atoms with Gasteiger partial charge in [0.25, 0.3) is 0 Å². The normalized spacial score (nSPS) is 13.7. The van der Waals surface area contributed by atoms with Crippen LogP contribution < -0.4 is 10.1 Å². The van der Waals surface area contributed by atoms with Crippen molar-refractivity contribution in [3.05, 3.63) is 29.3 Å². The largest absolute Gasteiger partial charge is 0.493 e. The molecule has 4 nitrogen and oxygen atoms in total. The van der Waals surface area contributed by atoms with Gasteiger partial charge in [-0.1, -0.05) is 6.07 Å². The Kier molecular flexibility index (Phi) is 6.52. The lowest BCUT2D eigenvalue weighted by molar-refractivity contribution is -0.122. The average molecular weight is 279 g/mol. The number of hydrogen-bond acceptors (Lipinski definition) is 3. The van der Waals surface area contributed by atoms with Gasteiger partial charge in [0.2, 0.25) is 5.91 Å². The second-order valence-corrected chi connectivity index (χ2v) is 5.40. The number of aryl methyl sites for hydroxylation is 2. The molecule has 2 N–H and O–H groups in total. The number of carbonyl (C=O) groups excluding carboxylic acids is 1. The predicted octanol–water partition coefficient (Wildman–Crippen LogP) is 2.35. The third-order valence-corrected chi connectivity index (χ3v) is 3.18. The smallest absolute Gasteiger partial charge is 0.223 e. The molecule has 0 aliphatic rings. The van der Waals surface area contributed by atoms with E-state index in [1.165, 1.54) is 11.1 Å². The Bertz CT molecular complexity index is 443. The van der Waals surface area contributed by atoms with Crippen molar-refractivity contribution in [3.63, 3.8) is 0 Å². The predicted molar refractivity (Wildman–Crippen MR) is 79.9 cm³/mol. The molecule has 0 aliphatic heterocycles. The lowest BCUT2D eigenvalue weighted by Gasteiger charge is -2.15. The van der Waals surface area contributed by atoms with Crippen LogP contribution >= 0.6 is 0 Å². The fraction of sp³-hybridized carbons (Fsp3) is 0.562. The van der Waals surface area contributed by atoms with Crippen LogP contribution in [-0.2, 0) is 4.79 Å². The van der Waals surface area contributed by atoms with Gasteiger partial charge in [-0.05, 0) is 57.4 Å². The number of aliphatic hydroxyl groups is 1. The van der Waals surface area contributed by atoms with Crippen molar-refractivity contribution in [1.82, 2.24) is 5.32 Å². The Morgan fingerprint density at radius 3 is 2.60 bits per heavy atom. The molecule has 0 spiro atoms. The summed E-state index contributed by atoms with van der Waals surface area (Å²) >= 11 is 0. The molecule has 0 heterocycles. The number of aliphatic hydroxyl groups excluding tert-OH is 1. The van der Waals surface area contributed by atoms with E-state index in [9.17, 15) is 9.90 Å². The van der Waals surface area contributed by atoms with E-state index in [1.807, 2.05) is 32.0 Å². The molecular formula is C16H25NO3. The lowest BCUT2D eigenvalue weighted by atomic mass is 10.1. The molecule has 1 amide bonds. The van der Waals surface area contributed by atoms with Crippen LogP contribution in [0.15, 0.2) is 18.2 Å². The van der Waals surface area contributed by atoms with Crippen LogP contribution in [0.5, 0.6) is 5.75 Å². The van der Waals surface area contributed by atoms with Crippen molar-refractivity contribution < 1.29 is 14.6 Å². The van der Waals surface area contributed by atoms with E-state index in [4.69, 9.17) is 4.74 Å². The van der Waals surface area contributed by atoms with Gasteiger partial charge >= 0.3 is 0 Å². The minimum absolute atomic E-state index is 0.0240. The minimum Gasteiger partial charge on any atom is -0.493 e. The van der Waals surface area contributed by atoms with Crippen LogP contribution in [0.3, 0.4) is 0 Å². The molecule has 0 aromatic heterocycles. The van der Waals surface area contributed by atoms with Gasteiger partial charge in [-0.3, -0.25) is 4.79 Å². The number of amides is 1. The van der Waals surface area contributed by atoms with Gasteiger partial charge < -0.3 is 15.2 Å². The van der Waals surface area contributed by atoms with Gasteiger partial charge in [-0.2, -0.15) is 0 Å². The molecule has 1 rings (SSSR count). The highest BCUT2D eigenvalue weighted by Crippen LogP contribution is 2.16. The van der Waals surface area contributed by atoms with Gasteiger partial charge in [0.05, 0.1) is 19.1 Å². The van der Waals surface area contributed by atoms with Crippen molar-refractivity contribution >= 4 is 5.91 Å². The maximum absolute atomic E-state index is 11.7. The molecule has 20 heavy (non-hydrogen) atoms. The first-order valence-electron chi connectivity index (χ1n) is 7.06. The molecule has 0 saturated carbocycles. The summed E-state index contributed by atoms with van der Waals surface area (Å²) in [6, 6.07) is 5.87. The lowest BCUT2D eigenvalue weighted by Crippen LogP contribution is -2.35. The summed E-state index contributed by atoms with van der Waals surface area (Å²) in [6.07, 6.45) is 0.470. The van der Waals surface area contributed by atoms with Crippen LogP contribution in [0.1, 0.15) is 37.8 Å². The Morgan fingerprint density at radius 2 is 2.00 bits per heavy atom. The van der Waals surface area contributed by atoms with E-state index >= 15 is 0 Å². The topological polar surface area (TPSA) is 58.6 Å². The molecule has 2 atom stereocenters. The second-order valence-electron chi connectivity index (χ2n) is 5.40. The first kappa shape index (κ1) is 16.5. The Hall–Kier alpha value is -1.55. The van der Waals surface area contributed by atoms with E-state index < -0.39 is 6.10 Å². The van der Waals surface area contributed by atoms with Gasteiger partial charge in [0.15, 0.2) is 0 Å². The minimum atomic E-state index is -0.405. The number of benzene rings is 1. The van der Waals surface area contributed by atoms with Crippen LogP contribution in [0.2, 0.25) is 0 Å². The molecule has 0 saturated heterocycles. The molecule has 0 fully saturated rings. The number of ether oxygens (including phenoxy) is 1. The van der Waals surface area contributed by atoms with Gasteiger partial charge in [-0.15, -0.1) is 0 Å².